The van der Waals surface area contributed by atoms with Crippen molar-refractivity contribution in [3.63, 3.8) is 0 Å². The Morgan fingerprint density at radius 3 is 0.727 bits per heavy atom. The average molecular weight is 902 g/mol. The quantitative estimate of drug-likeness (QED) is 0.249. The van der Waals surface area contributed by atoms with Gasteiger partial charge >= 0.3 is 0 Å². The van der Waals surface area contributed by atoms with Crippen LogP contribution < -0.4 is 0 Å². The van der Waals surface area contributed by atoms with Crippen molar-refractivity contribution in [1.82, 2.24) is 0 Å². The van der Waals surface area contributed by atoms with Crippen molar-refractivity contribution >= 4 is 0 Å². The number of hydrogen-bond donors (Lipinski definition) is 0. The summed E-state index contributed by atoms with van der Waals surface area (Å²) in [5.41, 5.74) is 0. The molecule has 66 heavy (non-hydrogen) atoms. The molecule has 20 atom stereocenters. The first-order valence-corrected chi connectivity index (χ1v) is 32.7. The maximum atomic E-state index is 1.71. The van der Waals surface area contributed by atoms with Gasteiger partial charge in [-0.25, -0.2) is 0 Å². The highest BCUT2D eigenvalue weighted by Gasteiger charge is 2.59. The van der Waals surface area contributed by atoms with Gasteiger partial charge in [0.25, 0.3) is 0 Å². The van der Waals surface area contributed by atoms with Gasteiger partial charge in [0, 0.05) is 0 Å². The summed E-state index contributed by atoms with van der Waals surface area (Å²) in [4.78, 5) is 0. The minimum Gasteiger partial charge on any atom is -0.0533 e. The summed E-state index contributed by atoms with van der Waals surface area (Å²) < 4.78 is 0. The van der Waals surface area contributed by atoms with E-state index in [1.165, 1.54) is 0 Å². The van der Waals surface area contributed by atoms with Gasteiger partial charge in [-0.05, 0) is 270 Å². The van der Waals surface area contributed by atoms with Crippen molar-refractivity contribution in [3.05, 3.63) is 0 Å². The molecular weight excluding hydrogens is 793 g/mol. The van der Waals surface area contributed by atoms with Crippen molar-refractivity contribution in [1.29, 1.82) is 0 Å². The van der Waals surface area contributed by atoms with Gasteiger partial charge in [-0.1, -0.05) is 141 Å². The second-order valence-corrected chi connectivity index (χ2v) is 29.6. The topological polar surface area (TPSA) is 0 Å². The van der Waals surface area contributed by atoms with Crippen molar-refractivity contribution in [2.45, 2.75) is 270 Å². The van der Waals surface area contributed by atoms with Gasteiger partial charge in [0.2, 0.25) is 0 Å². The van der Waals surface area contributed by atoms with Crippen LogP contribution in [0.3, 0.4) is 0 Å². The smallest absolute Gasteiger partial charge is 0.0323 e. The summed E-state index contributed by atoms with van der Waals surface area (Å²) in [5, 5.41) is 0. The molecule has 0 heteroatoms. The van der Waals surface area contributed by atoms with Crippen LogP contribution in [0.4, 0.5) is 0 Å². The molecule has 0 aromatic rings. The minimum absolute atomic E-state index is 1.09. The molecule has 0 amide bonds. The van der Waals surface area contributed by atoms with Crippen LogP contribution in [0.25, 0.3) is 0 Å². The fourth-order valence-electron chi connectivity index (χ4n) is 25.2. The molecule has 13 aliphatic rings. The molecule has 372 valence electrons. The zero-order valence-corrected chi connectivity index (χ0v) is 43.6. The Hall–Kier alpha value is 0. The van der Waals surface area contributed by atoms with E-state index in [2.05, 4.69) is 0 Å². The highest BCUT2D eigenvalue weighted by atomic mass is 14.6. The maximum Gasteiger partial charge on any atom is -0.0323 e. The SMILES string of the molecule is C1CCC(C2C3CCCCC3C(C3CCC4CCCCC4C3)C3CC(C4CCC(C5CCC6C(C5)C(C5CCC7CCCCC7C5)C5CCCCC5C6C5CCCCC5)CC4)CCC32)CC1. The van der Waals surface area contributed by atoms with Gasteiger partial charge in [0.15, 0.2) is 0 Å². The molecule has 0 aromatic carbocycles. The average Bonchev–Trinajstić information content (AvgIpc) is 3.39. The van der Waals surface area contributed by atoms with Crippen molar-refractivity contribution in [2.24, 2.45) is 142 Å². The Morgan fingerprint density at radius 2 is 0.348 bits per heavy atom. The number of hydrogen-bond acceptors (Lipinski definition) is 0. The highest BCUT2D eigenvalue weighted by molar-refractivity contribution is 5.08. The van der Waals surface area contributed by atoms with Gasteiger partial charge in [0.1, 0.15) is 0 Å². The molecule has 0 spiro atoms. The van der Waals surface area contributed by atoms with E-state index in [-0.39, 0.29) is 0 Å². The minimum atomic E-state index is 1.09. The molecule has 0 aromatic heterocycles. The standard InChI is InChI=1S/C66H108/c1-3-17-47(18-4-1)63-55-23-11-13-25-57(55)65(53-33-31-43-15-7-9-21-49(43)39-53)61-41-51(35-37-59(61)63)45-27-29-46(30-28-45)52-36-38-60-62(42-52)66(54-34-32-44-16-8-10-22-50(44)40-54)58-26-14-12-24-56(58)64(60)48-19-5-2-6-20-48/h43-66H,1-42H2. The monoisotopic (exact) mass is 901 g/mol. The maximum absolute atomic E-state index is 1.71. The Labute approximate surface area is 409 Å². The second-order valence-electron chi connectivity index (χ2n) is 29.6. The zero-order chi connectivity index (χ0) is 43.6. The molecule has 13 saturated carbocycles. The molecule has 0 heterocycles. The zero-order valence-electron chi connectivity index (χ0n) is 43.6. The Bertz CT molecular complexity index is 1420. The van der Waals surface area contributed by atoms with Gasteiger partial charge in [-0.2, -0.15) is 0 Å². The van der Waals surface area contributed by atoms with E-state index in [1.807, 2.05) is 0 Å². The van der Waals surface area contributed by atoms with Crippen molar-refractivity contribution in [2.75, 3.05) is 0 Å². The van der Waals surface area contributed by atoms with Gasteiger partial charge < -0.3 is 0 Å². The number of fused-ring (bicyclic) bond motifs is 6. The third-order valence-corrected chi connectivity index (χ3v) is 27.5. The number of rotatable bonds is 6. The summed E-state index contributed by atoms with van der Waals surface area (Å²) in [6.07, 6.45) is 68.1. The first kappa shape index (κ1) is 45.8. The van der Waals surface area contributed by atoms with Crippen molar-refractivity contribution in [3.8, 4) is 0 Å². The summed E-state index contributed by atoms with van der Waals surface area (Å²) in [6, 6.07) is 0. The molecule has 0 radical (unpaired) electrons. The van der Waals surface area contributed by atoms with Crippen LogP contribution in [0.5, 0.6) is 0 Å². The lowest BCUT2D eigenvalue weighted by atomic mass is 9.43. The largest absolute Gasteiger partial charge is 0.0533 e. The highest BCUT2D eigenvalue weighted by Crippen LogP contribution is 2.67. The summed E-state index contributed by atoms with van der Waals surface area (Å²) in [5.74, 6) is 26.9. The Kier molecular flexibility index (Phi) is 14.2. The molecule has 0 bridgehead atoms. The van der Waals surface area contributed by atoms with Crippen LogP contribution in [0.15, 0.2) is 0 Å². The first-order valence-electron chi connectivity index (χ1n) is 32.7. The summed E-state index contributed by atoms with van der Waals surface area (Å²) in [6.45, 7) is 0. The molecule has 13 rings (SSSR count). The third kappa shape index (κ3) is 8.79. The fraction of sp³-hybridized carbons (Fsp3) is 1.00. The van der Waals surface area contributed by atoms with E-state index in [1.54, 1.807) is 270 Å². The van der Waals surface area contributed by atoms with Crippen LogP contribution in [0.2, 0.25) is 0 Å². The van der Waals surface area contributed by atoms with E-state index in [9.17, 15) is 0 Å². The molecule has 0 nitrogen and oxygen atoms in total. The summed E-state index contributed by atoms with van der Waals surface area (Å²) >= 11 is 0. The predicted molar refractivity (Wildman–Crippen MR) is 278 cm³/mol. The lowest BCUT2D eigenvalue weighted by Gasteiger charge is -2.62. The Balaban J connectivity index is 0.721. The molecule has 0 N–H and O–H groups in total. The van der Waals surface area contributed by atoms with E-state index in [4.69, 9.17) is 0 Å². The van der Waals surface area contributed by atoms with Gasteiger partial charge in [0.05, 0.1) is 0 Å². The lowest BCUT2D eigenvalue weighted by molar-refractivity contribution is -0.132. The molecule has 0 aliphatic heterocycles. The third-order valence-electron chi connectivity index (χ3n) is 27.5. The van der Waals surface area contributed by atoms with Gasteiger partial charge in [-0.3, -0.25) is 0 Å². The summed E-state index contributed by atoms with van der Waals surface area (Å²) in [7, 11) is 0. The van der Waals surface area contributed by atoms with Crippen molar-refractivity contribution < 1.29 is 0 Å². The predicted octanol–water partition coefficient (Wildman–Crippen LogP) is 19.3. The fourth-order valence-corrected chi connectivity index (χ4v) is 25.2. The molecule has 0 saturated heterocycles. The van der Waals surface area contributed by atoms with E-state index < -0.39 is 0 Å². The second kappa shape index (κ2) is 20.5. The molecule has 20 unspecified atom stereocenters. The van der Waals surface area contributed by atoms with Crippen LogP contribution in [-0.2, 0) is 0 Å². The van der Waals surface area contributed by atoms with Gasteiger partial charge in [-0.15, -0.1) is 0 Å². The molecular formula is C66H108. The molecule has 13 fully saturated rings. The van der Waals surface area contributed by atoms with E-state index in [0.29, 0.717) is 0 Å². The van der Waals surface area contributed by atoms with Crippen LogP contribution >= 0.6 is 0 Å². The van der Waals surface area contributed by atoms with E-state index in [0.717, 1.165) is 142 Å². The van der Waals surface area contributed by atoms with E-state index >= 15 is 0 Å². The Morgan fingerprint density at radius 1 is 0.121 bits per heavy atom. The molecule has 13 aliphatic carbocycles. The van der Waals surface area contributed by atoms with Crippen LogP contribution in [0, 0.1) is 142 Å². The normalized spacial score (nSPS) is 52.9. The lowest BCUT2D eigenvalue weighted by Crippen LogP contribution is -2.55. The van der Waals surface area contributed by atoms with Crippen LogP contribution in [-0.4, -0.2) is 0 Å². The van der Waals surface area contributed by atoms with Crippen LogP contribution in [0.1, 0.15) is 270 Å². The first-order chi connectivity index (χ1) is 32.7.